The lowest BCUT2D eigenvalue weighted by Gasteiger charge is -2.32. The van der Waals surface area contributed by atoms with E-state index in [0.717, 1.165) is 31.2 Å². The maximum absolute atomic E-state index is 13.6. The number of amides is 2. The zero-order valence-electron chi connectivity index (χ0n) is 18.1. The molecular formula is C25H27ClN2O3S. The van der Waals surface area contributed by atoms with Gasteiger partial charge < -0.3 is 14.6 Å². The summed E-state index contributed by atoms with van der Waals surface area (Å²) in [5.74, 6) is 0.700. The third-order valence-corrected chi connectivity index (χ3v) is 7.06. The number of carbonyl (C=O) groups is 2. The van der Waals surface area contributed by atoms with Gasteiger partial charge in [-0.25, -0.2) is 0 Å². The Kier molecular flexibility index (Phi) is 7.33. The van der Waals surface area contributed by atoms with Gasteiger partial charge in [0.1, 0.15) is 11.5 Å². The molecule has 1 atom stereocenters. The Hall–Kier alpha value is -2.57. The minimum Gasteiger partial charge on any atom is -0.464 e. The first-order chi connectivity index (χ1) is 15.5. The number of aryl methyl sites for hydroxylation is 1. The smallest absolute Gasteiger partial charge is 0.265 e. The van der Waals surface area contributed by atoms with Crippen LogP contribution in [0.5, 0.6) is 0 Å². The van der Waals surface area contributed by atoms with Crippen LogP contribution in [0, 0.1) is 6.92 Å². The molecule has 0 unspecified atom stereocenters. The van der Waals surface area contributed by atoms with Crippen molar-refractivity contribution in [1.29, 1.82) is 0 Å². The molecule has 0 aliphatic heterocycles. The summed E-state index contributed by atoms with van der Waals surface area (Å²) in [6.07, 6.45) is 5.32. The number of nitrogens with one attached hydrogen (secondary N) is 1. The monoisotopic (exact) mass is 470 g/mol. The highest BCUT2D eigenvalue weighted by Gasteiger charge is 2.36. The van der Waals surface area contributed by atoms with Gasteiger partial charge in [0.25, 0.3) is 11.8 Å². The Morgan fingerprint density at radius 1 is 1.12 bits per heavy atom. The number of rotatable bonds is 7. The molecule has 168 valence electrons. The Labute approximate surface area is 197 Å². The Balaban J connectivity index is 1.71. The number of hydrogen-bond acceptors (Lipinski definition) is 4. The molecule has 0 saturated heterocycles. The van der Waals surface area contributed by atoms with E-state index in [4.69, 9.17) is 16.0 Å². The van der Waals surface area contributed by atoms with Crippen molar-refractivity contribution in [2.24, 2.45) is 0 Å². The maximum Gasteiger partial charge on any atom is 0.265 e. The Morgan fingerprint density at radius 3 is 2.56 bits per heavy atom. The number of carbonyl (C=O) groups excluding carboxylic acids is 2. The van der Waals surface area contributed by atoms with E-state index in [1.54, 1.807) is 23.1 Å². The molecule has 1 aliphatic carbocycles. The van der Waals surface area contributed by atoms with Crippen molar-refractivity contribution < 1.29 is 14.0 Å². The third-order valence-electron chi connectivity index (χ3n) is 5.83. The Bertz CT molecular complexity index is 1060. The number of halogens is 1. The van der Waals surface area contributed by atoms with Crippen molar-refractivity contribution in [3.05, 3.63) is 80.9 Å². The fourth-order valence-corrected chi connectivity index (χ4v) is 5.06. The summed E-state index contributed by atoms with van der Waals surface area (Å²) in [5, 5.41) is 5.60. The molecule has 4 rings (SSSR count). The number of thiophene rings is 1. The van der Waals surface area contributed by atoms with Crippen LogP contribution in [0.1, 0.15) is 64.9 Å². The lowest BCUT2D eigenvalue weighted by molar-refractivity contribution is -0.127. The topological polar surface area (TPSA) is 62.6 Å². The van der Waals surface area contributed by atoms with E-state index in [1.807, 2.05) is 42.6 Å². The molecule has 2 amide bonds. The molecule has 7 heteroatoms. The highest BCUT2D eigenvalue weighted by Crippen LogP contribution is 2.30. The second-order valence-corrected chi connectivity index (χ2v) is 9.55. The van der Waals surface area contributed by atoms with Crippen LogP contribution in [0.15, 0.2) is 58.3 Å². The SMILES string of the molecule is Cc1ccc([C@@H](C(=O)NC2CCCCC2)N(Cc2ccccc2Cl)C(=O)c2cccs2)o1. The van der Waals surface area contributed by atoms with E-state index in [0.29, 0.717) is 21.4 Å². The van der Waals surface area contributed by atoms with Gasteiger partial charge in [-0.15, -0.1) is 11.3 Å². The van der Waals surface area contributed by atoms with Gasteiger partial charge in [-0.2, -0.15) is 0 Å². The van der Waals surface area contributed by atoms with Gasteiger partial charge in [0.2, 0.25) is 0 Å². The van der Waals surface area contributed by atoms with Gasteiger partial charge in [-0.1, -0.05) is 55.1 Å². The molecule has 3 aromatic rings. The minimum absolute atomic E-state index is 0.119. The van der Waals surface area contributed by atoms with E-state index in [2.05, 4.69) is 5.32 Å². The molecule has 1 aliphatic rings. The molecule has 0 bridgehead atoms. The molecule has 1 saturated carbocycles. The molecule has 1 aromatic carbocycles. The van der Waals surface area contributed by atoms with E-state index in [-0.39, 0.29) is 24.4 Å². The second kappa shape index (κ2) is 10.4. The van der Waals surface area contributed by atoms with Crippen molar-refractivity contribution in [3.63, 3.8) is 0 Å². The lowest BCUT2D eigenvalue weighted by atomic mass is 9.95. The molecule has 32 heavy (non-hydrogen) atoms. The number of benzene rings is 1. The largest absolute Gasteiger partial charge is 0.464 e. The van der Waals surface area contributed by atoms with Gasteiger partial charge in [-0.05, 0) is 55.0 Å². The van der Waals surface area contributed by atoms with Crippen LogP contribution in [-0.2, 0) is 11.3 Å². The fraction of sp³-hybridized carbons (Fsp3) is 0.360. The lowest BCUT2D eigenvalue weighted by Crippen LogP contribution is -2.46. The number of hydrogen-bond donors (Lipinski definition) is 1. The highest BCUT2D eigenvalue weighted by atomic mass is 35.5. The van der Waals surface area contributed by atoms with E-state index >= 15 is 0 Å². The fourth-order valence-electron chi connectivity index (χ4n) is 4.18. The number of furan rings is 1. The quantitative estimate of drug-likeness (QED) is 0.451. The molecule has 2 aromatic heterocycles. The van der Waals surface area contributed by atoms with Crippen LogP contribution >= 0.6 is 22.9 Å². The summed E-state index contributed by atoms with van der Waals surface area (Å²) in [5.41, 5.74) is 0.776. The first-order valence-electron chi connectivity index (χ1n) is 11.0. The predicted molar refractivity (Wildman–Crippen MR) is 127 cm³/mol. The van der Waals surface area contributed by atoms with Crippen molar-refractivity contribution in [2.75, 3.05) is 0 Å². The zero-order valence-corrected chi connectivity index (χ0v) is 19.6. The molecule has 0 radical (unpaired) electrons. The first-order valence-corrected chi connectivity index (χ1v) is 12.2. The first kappa shape index (κ1) is 22.6. The second-order valence-electron chi connectivity index (χ2n) is 8.20. The van der Waals surface area contributed by atoms with Gasteiger partial charge >= 0.3 is 0 Å². The van der Waals surface area contributed by atoms with Crippen molar-refractivity contribution >= 4 is 34.8 Å². The molecular weight excluding hydrogens is 444 g/mol. The van der Waals surface area contributed by atoms with Crippen LogP contribution in [0.4, 0.5) is 0 Å². The minimum atomic E-state index is -0.892. The van der Waals surface area contributed by atoms with Crippen molar-refractivity contribution in [1.82, 2.24) is 10.2 Å². The average molecular weight is 471 g/mol. The highest BCUT2D eigenvalue weighted by molar-refractivity contribution is 7.12. The molecule has 2 heterocycles. The summed E-state index contributed by atoms with van der Waals surface area (Å²) in [6, 6.07) is 13.8. The van der Waals surface area contributed by atoms with Crippen LogP contribution in [0.3, 0.4) is 0 Å². The van der Waals surface area contributed by atoms with Gasteiger partial charge in [0, 0.05) is 17.6 Å². The predicted octanol–water partition coefficient (Wildman–Crippen LogP) is 6.14. The van der Waals surface area contributed by atoms with E-state index in [1.165, 1.54) is 17.8 Å². The standard InChI is InChI=1S/C25H27ClN2O3S/c1-17-13-14-21(31-17)23(24(29)27-19-9-3-2-4-10-19)28(25(30)22-12-7-15-32-22)16-18-8-5-6-11-20(18)26/h5-8,11-15,19,23H,2-4,9-10,16H2,1H3,(H,27,29)/t23-/m0/s1. The molecule has 5 nitrogen and oxygen atoms in total. The zero-order chi connectivity index (χ0) is 22.5. The summed E-state index contributed by atoms with van der Waals surface area (Å²) < 4.78 is 5.89. The molecule has 0 spiro atoms. The maximum atomic E-state index is 13.6. The molecule has 1 fully saturated rings. The summed E-state index contributed by atoms with van der Waals surface area (Å²) in [4.78, 5) is 29.4. The van der Waals surface area contributed by atoms with Gasteiger partial charge in [0.15, 0.2) is 6.04 Å². The number of nitrogens with zero attached hydrogens (tertiary/aromatic N) is 1. The van der Waals surface area contributed by atoms with E-state index in [9.17, 15) is 9.59 Å². The normalized spacial score (nSPS) is 15.3. The third kappa shape index (κ3) is 5.25. The van der Waals surface area contributed by atoms with Crippen molar-refractivity contribution in [2.45, 2.75) is 57.7 Å². The summed E-state index contributed by atoms with van der Waals surface area (Å²) in [7, 11) is 0. The summed E-state index contributed by atoms with van der Waals surface area (Å²) >= 11 is 7.78. The van der Waals surface area contributed by atoms with Gasteiger partial charge in [-0.3, -0.25) is 9.59 Å². The van der Waals surface area contributed by atoms with E-state index < -0.39 is 6.04 Å². The van der Waals surface area contributed by atoms with Gasteiger partial charge in [0.05, 0.1) is 4.88 Å². The Morgan fingerprint density at radius 2 is 1.91 bits per heavy atom. The summed E-state index contributed by atoms with van der Waals surface area (Å²) in [6.45, 7) is 2.03. The van der Waals surface area contributed by atoms with Crippen LogP contribution < -0.4 is 5.32 Å². The van der Waals surface area contributed by atoms with Crippen LogP contribution in [-0.4, -0.2) is 22.8 Å². The van der Waals surface area contributed by atoms with Crippen LogP contribution in [0.25, 0.3) is 0 Å². The average Bonchev–Trinajstić information content (AvgIpc) is 3.47. The van der Waals surface area contributed by atoms with Crippen LogP contribution in [0.2, 0.25) is 5.02 Å². The van der Waals surface area contributed by atoms with Crippen molar-refractivity contribution in [3.8, 4) is 0 Å². The molecule has 1 N–H and O–H groups in total.